The summed E-state index contributed by atoms with van der Waals surface area (Å²) in [6.45, 7) is 5.69. The Balaban J connectivity index is 2.14. The molecular formula is C14H20N4O2. The van der Waals surface area contributed by atoms with Crippen LogP contribution in [0.15, 0.2) is 24.5 Å². The zero-order valence-electron chi connectivity index (χ0n) is 11.9. The van der Waals surface area contributed by atoms with Gasteiger partial charge in [0.1, 0.15) is 0 Å². The summed E-state index contributed by atoms with van der Waals surface area (Å²) < 4.78 is 7.48. The maximum absolute atomic E-state index is 11.9. The van der Waals surface area contributed by atoms with Crippen LogP contribution in [0.3, 0.4) is 0 Å². The number of aromatic nitrogens is 2. The van der Waals surface area contributed by atoms with Gasteiger partial charge in [-0.25, -0.2) is 4.98 Å². The summed E-state index contributed by atoms with van der Waals surface area (Å²) in [6, 6.07) is 3.66. The van der Waals surface area contributed by atoms with Crippen molar-refractivity contribution in [3.63, 3.8) is 0 Å². The van der Waals surface area contributed by atoms with Crippen molar-refractivity contribution in [3.8, 4) is 5.75 Å². The van der Waals surface area contributed by atoms with Gasteiger partial charge in [0.05, 0.1) is 11.9 Å². The third-order valence-electron chi connectivity index (χ3n) is 3.25. The van der Waals surface area contributed by atoms with Gasteiger partial charge >= 0.3 is 0 Å². The molecule has 0 atom stereocenters. The van der Waals surface area contributed by atoms with Crippen molar-refractivity contribution < 1.29 is 9.53 Å². The summed E-state index contributed by atoms with van der Waals surface area (Å²) in [5, 5.41) is 0. The largest absolute Gasteiger partial charge is 0.480 e. The summed E-state index contributed by atoms with van der Waals surface area (Å²) >= 11 is 0. The van der Waals surface area contributed by atoms with Crippen molar-refractivity contribution in [3.05, 3.63) is 30.2 Å². The molecule has 108 valence electrons. The van der Waals surface area contributed by atoms with Crippen molar-refractivity contribution in [2.45, 2.75) is 20.4 Å². The molecule has 0 saturated carbocycles. The van der Waals surface area contributed by atoms with Crippen molar-refractivity contribution >= 4 is 11.6 Å². The number of fused-ring (bicyclic) bond motifs is 1. The fourth-order valence-corrected chi connectivity index (χ4v) is 2.11. The number of nitrogens with two attached hydrogens (primary N) is 1. The Morgan fingerprint density at radius 1 is 1.45 bits per heavy atom. The highest BCUT2D eigenvalue weighted by Gasteiger charge is 2.12. The van der Waals surface area contributed by atoms with Gasteiger partial charge in [-0.3, -0.25) is 9.20 Å². The van der Waals surface area contributed by atoms with Gasteiger partial charge in [-0.05, 0) is 26.0 Å². The lowest BCUT2D eigenvalue weighted by atomic mass is 10.4. The summed E-state index contributed by atoms with van der Waals surface area (Å²) in [5.41, 5.74) is 7.23. The van der Waals surface area contributed by atoms with Gasteiger partial charge in [-0.15, -0.1) is 0 Å². The first-order valence-corrected chi connectivity index (χ1v) is 6.76. The van der Waals surface area contributed by atoms with Gasteiger partial charge < -0.3 is 15.4 Å². The van der Waals surface area contributed by atoms with E-state index in [4.69, 9.17) is 10.5 Å². The predicted octanol–water partition coefficient (Wildman–Crippen LogP) is 1.04. The molecule has 0 aliphatic rings. The number of pyridine rings is 1. The molecule has 2 rings (SSSR count). The molecule has 0 fully saturated rings. The number of nitrogens with zero attached hydrogens (tertiary/aromatic N) is 3. The lowest BCUT2D eigenvalue weighted by molar-refractivity contribution is -0.132. The average Bonchev–Trinajstić information content (AvgIpc) is 2.90. The number of hydrogen-bond donors (Lipinski definition) is 1. The highest BCUT2D eigenvalue weighted by atomic mass is 16.5. The molecule has 0 unspecified atom stereocenters. The van der Waals surface area contributed by atoms with Crippen LogP contribution in [0.1, 0.15) is 19.5 Å². The fraction of sp³-hybridized carbons (Fsp3) is 0.429. The minimum absolute atomic E-state index is 0.0200. The monoisotopic (exact) mass is 276 g/mol. The molecule has 2 aromatic heterocycles. The van der Waals surface area contributed by atoms with Crippen molar-refractivity contribution in [2.24, 2.45) is 5.73 Å². The Morgan fingerprint density at radius 3 is 2.85 bits per heavy atom. The summed E-state index contributed by atoms with van der Waals surface area (Å²) in [6.07, 6.45) is 3.60. The van der Waals surface area contributed by atoms with Gasteiger partial charge in [0.2, 0.25) is 0 Å². The van der Waals surface area contributed by atoms with E-state index in [1.807, 2.05) is 30.5 Å². The predicted molar refractivity (Wildman–Crippen MR) is 76.5 cm³/mol. The lowest BCUT2D eigenvalue weighted by Gasteiger charge is -2.18. The highest BCUT2D eigenvalue weighted by Crippen LogP contribution is 2.19. The number of amides is 1. The number of carbonyl (C=O) groups excluding carboxylic acids is 1. The SMILES string of the molecule is CCN(CC)C(=O)COc1cccn2c(CN)cnc12. The average molecular weight is 276 g/mol. The second kappa shape index (κ2) is 6.38. The molecule has 0 saturated heterocycles. The molecule has 2 heterocycles. The molecule has 0 aromatic carbocycles. The molecule has 0 aliphatic carbocycles. The molecular weight excluding hydrogens is 256 g/mol. The normalized spacial score (nSPS) is 10.8. The van der Waals surface area contributed by atoms with Crippen LogP contribution >= 0.6 is 0 Å². The Kier molecular flexibility index (Phi) is 4.57. The van der Waals surface area contributed by atoms with Crippen molar-refractivity contribution in [2.75, 3.05) is 19.7 Å². The van der Waals surface area contributed by atoms with E-state index in [1.54, 1.807) is 17.2 Å². The van der Waals surface area contributed by atoms with Crippen LogP contribution in [-0.2, 0) is 11.3 Å². The number of carbonyl (C=O) groups is 1. The van der Waals surface area contributed by atoms with E-state index in [1.165, 1.54) is 0 Å². The summed E-state index contributed by atoms with van der Waals surface area (Å²) in [4.78, 5) is 17.9. The standard InChI is InChI=1S/C14H20N4O2/c1-3-17(4-2)13(19)10-20-12-6-5-7-18-11(8-15)9-16-14(12)18/h5-7,9H,3-4,8,10,15H2,1-2H3. The third-order valence-corrected chi connectivity index (χ3v) is 3.25. The second-order valence-corrected chi connectivity index (χ2v) is 4.37. The number of imidazole rings is 1. The van der Waals surface area contributed by atoms with Gasteiger partial charge in [-0.1, -0.05) is 0 Å². The smallest absolute Gasteiger partial charge is 0.260 e. The van der Waals surface area contributed by atoms with Crippen molar-refractivity contribution in [1.29, 1.82) is 0 Å². The van der Waals surface area contributed by atoms with E-state index in [0.717, 1.165) is 5.69 Å². The molecule has 6 nitrogen and oxygen atoms in total. The molecule has 0 bridgehead atoms. The minimum Gasteiger partial charge on any atom is -0.480 e. The van der Waals surface area contributed by atoms with E-state index in [9.17, 15) is 4.79 Å². The first-order chi connectivity index (χ1) is 9.71. The minimum atomic E-state index is -0.0254. The Bertz CT molecular complexity index is 590. The Morgan fingerprint density at radius 2 is 2.20 bits per heavy atom. The lowest BCUT2D eigenvalue weighted by Crippen LogP contribution is -2.34. The van der Waals surface area contributed by atoms with Gasteiger partial charge in [0.15, 0.2) is 18.0 Å². The number of ether oxygens (including phenoxy) is 1. The van der Waals surface area contributed by atoms with Crippen LogP contribution in [0.25, 0.3) is 5.65 Å². The highest BCUT2D eigenvalue weighted by molar-refractivity contribution is 5.78. The van der Waals surface area contributed by atoms with Gasteiger partial charge in [0, 0.05) is 25.8 Å². The molecule has 1 amide bonds. The zero-order chi connectivity index (χ0) is 14.5. The first kappa shape index (κ1) is 14.3. The maximum atomic E-state index is 11.9. The molecule has 20 heavy (non-hydrogen) atoms. The maximum Gasteiger partial charge on any atom is 0.260 e. The molecule has 2 aromatic rings. The second-order valence-electron chi connectivity index (χ2n) is 4.37. The number of hydrogen-bond acceptors (Lipinski definition) is 4. The third kappa shape index (κ3) is 2.75. The van der Waals surface area contributed by atoms with E-state index >= 15 is 0 Å². The molecule has 2 N–H and O–H groups in total. The van der Waals surface area contributed by atoms with E-state index in [-0.39, 0.29) is 12.5 Å². The van der Waals surface area contributed by atoms with E-state index < -0.39 is 0 Å². The van der Waals surface area contributed by atoms with Crippen molar-refractivity contribution in [1.82, 2.24) is 14.3 Å². The number of rotatable bonds is 6. The molecule has 0 spiro atoms. The van der Waals surface area contributed by atoms with Crippen LogP contribution in [0.2, 0.25) is 0 Å². The Hall–Kier alpha value is -2.08. The summed E-state index contributed by atoms with van der Waals surface area (Å²) in [7, 11) is 0. The topological polar surface area (TPSA) is 72.9 Å². The van der Waals surface area contributed by atoms with Crippen LogP contribution < -0.4 is 10.5 Å². The molecule has 0 aliphatic heterocycles. The van der Waals surface area contributed by atoms with E-state index in [2.05, 4.69) is 4.98 Å². The Labute approximate surface area is 118 Å². The zero-order valence-corrected chi connectivity index (χ0v) is 11.9. The van der Waals surface area contributed by atoms with Crippen LogP contribution in [0, 0.1) is 0 Å². The first-order valence-electron chi connectivity index (χ1n) is 6.76. The van der Waals surface area contributed by atoms with Gasteiger partial charge in [0.25, 0.3) is 5.91 Å². The molecule has 6 heteroatoms. The fourth-order valence-electron chi connectivity index (χ4n) is 2.11. The molecule has 0 radical (unpaired) electrons. The summed E-state index contributed by atoms with van der Waals surface area (Å²) in [5.74, 6) is 0.565. The number of likely N-dealkylation sites (N-methyl/N-ethyl adjacent to an activating group) is 1. The van der Waals surface area contributed by atoms with E-state index in [0.29, 0.717) is 31.0 Å². The van der Waals surface area contributed by atoms with Crippen LogP contribution in [-0.4, -0.2) is 39.9 Å². The quantitative estimate of drug-likeness (QED) is 0.855. The van der Waals surface area contributed by atoms with Crippen LogP contribution in [0.5, 0.6) is 5.75 Å². The van der Waals surface area contributed by atoms with Gasteiger partial charge in [-0.2, -0.15) is 0 Å². The van der Waals surface area contributed by atoms with Crippen LogP contribution in [0.4, 0.5) is 0 Å².